The number of benzene rings is 1. The first-order valence-corrected chi connectivity index (χ1v) is 8.69. The molecular formula is C16H22N2O2S. The minimum absolute atomic E-state index is 0.0590. The topological polar surface area (TPSA) is 50.4 Å². The van der Waals surface area contributed by atoms with Crippen LogP contribution in [-0.2, 0) is 11.3 Å². The van der Waals surface area contributed by atoms with Crippen LogP contribution in [0.1, 0.15) is 24.0 Å². The molecule has 0 spiro atoms. The lowest BCUT2D eigenvalue weighted by Gasteiger charge is -2.14. The van der Waals surface area contributed by atoms with E-state index in [0.717, 1.165) is 35.5 Å². The molecule has 3 rings (SSSR count). The Morgan fingerprint density at radius 3 is 3.05 bits per heavy atom. The molecule has 1 saturated carbocycles. The molecule has 21 heavy (non-hydrogen) atoms. The highest BCUT2D eigenvalue weighted by Crippen LogP contribution is 2.30. The lowest BCUT2D eigenvalue weighted by atomic mass is 10.1. The molecule has 5 heteroatoms. The van der Waals surface area contributed by atoms with Crippen LogP contribution in [0.2, 0.25) is 0 Å². The molecule has 1 saturated heterocycles. The maximum absolute atomic E-state index is 12.0. The summed E-state index contributed by atoms with van der Waals surface area (Å²) < 4.78 is 5.93. The molecule has 1 aliphatic carbocycles. The average Bonchev–Trinajstić information content (AvgIpc) is 3.15. The van der Waals surface area contributed by atoms with Crippen LogP contribution in [-0.4, -0.2) is 30.2 Å². The fourth-order valence-electron chi connectivity index (χ4n) is 2.30. The highest BCUT2D eigenvalue weighted by Gasteiger charge is 2.23. The van der Waals surface area contributed by atoms with E-state index in [-0.39, 0.29) is 11.9 Å². The number of carbonyl (C=O) groups excluding carboxylic acids is 1. The van der Waals surface area contributed by atoms with Crippen LogP contribution in [0.15, 0.2) is 18.2 Å². The molecule has 2 aliphatic rings. The molecule has 1 unspecified atom stereocenters. The lowest BCUT2D eigenvalue weighted by molar-refractivity contribution is -0.122. The summed E-state index contributed by atoms with van der Waals surface area (Å²) in [4.78, 5) is 12.0. The quantitative estimate of drug-likeness (QED) is 0.845. The van der Waals surface area contributed by atoms with Crippen molar-refractivity contribution in [2.24, 2.45) is 5.92 Å². The monoisotopic (exact) mass is 306 g/mol. The fraction of sp³-hybridized carbons (Fsp3) is 0.562. The summed E-state index contributed by atoms with van der Waals surface area (Å²) in [5.74, 6) is 3.43. The highest BCUT2D eigenvalue weighted by atomic mass is 32.2. The number of nitrogens with one attached hydrogen (secondary N) is 2. The van der Waals surface area contributed by atoms with E-state index in [1.54, 1.807) is 11.8 Å². The maximum atomic E-state index is 12.0. The van der Waals surface area contributed by atoms with Crippen molar-refractivity contribution in [2.75, 3.05) is 18.2 Å². The van der Waals surface area contributed by atoms with Gasteiger partial charge < -0.3 is 10.1 Å². The van der Waals surface area contributed by atoms with Crippen molar-refractivity contribution in [3.05, 3.63) is 29.3 Å². The van der Waals surface area contributed by atoms with Gasteiger partial charge in [-0.1, -0.05) is 12.1 Å². The molecule has 4 nitrogen and oxygen atoms in total. The summed E-state index contributed by atoms with van der Waals surface area (Å²) in [6.07, 6.45) is 2.56. The van der Waals surface area contributed by atoms with E-state index in [1.807, 2.05) is 0 Å². The van der Waals surface area contributed by atoms with Crippen LogP contribution in [0.3, 0.4) is 0 Å². The zero-order valence-corrected chi connectivity index (χ0v) is 13.2. The van der Waals surface area contributed by atoms with Crippen molar-refractivity contribution in [3.63, 3.8) is 0 Å². The molecule has 2 fully saturated rings. The van der Waals surface area contributed by atoms with Gasteiger partial charge in [0.1, 0.15) is 5.75 Å². The maximum Gasteiger partial charge on any atom is 0.238 e. The molecule has 1 aliphatic heterocycles. The number of carbonyl (C=O) groups is 1. The zero-order valence-electron chi connectivity index (χ0n) is 12.4. The third kappa shape index (κ3) is 4.14. The summed E-state index contributed by atoms with van der Waals surface area (Å²) in [6, 6.07) is 6.12. The summed E-state index contributed by atoms with van der Waals surface area (Å²) in [7, 11) is 0. The summed E-state index contributed by atoms with van der Waals surface area (Å²) in [5.41, 5.74) is 2.24. The van der Waals surface area contributed by atoms with Gasteiger partial charge in [0.05, 0.1) is 12.6 Å². The van der Waals surface area contributed by atoms with Gasteiger partial charge in [0.15, 0.2) is 0 Å². The highest BCUT2D eigenvalue weighted by molar-refractivity contribution is 7.99. The number of hydrogen-bond acceptors (Lipinski definition) is 4. The minimum Gasteiger partial charge on any atom is -0.493 e. The smallest absolute Gasteiger partial charge is 0.238 e. The van der Waals surface area contributed by atoms with Crippen molar-refractivity contribution in [1.82, 2.24) is 10.6 Å². The van der Waals surface area contributed by atoms with Gasteiger partial charge in [0.2, 0.25) is 5.91 Å². The Morgan fingerprint density at radius 1 is 1.48 bits per heavy atom. The van der Waals surface area contributed by atoms with Gasteiger partial charge in [-0.2, -0.15) is 0 Å². The SMILES string of the molecule is Cc1ccc(CNC(=O)C2CSCN2)c(OCC2CC2)c1. The first-order valence-electron chi connectivity index (χ1n) is 7.53. The molecule has 1 heterocycles. The van der Waals surface area contributed by atoms with Crippen LogP contribution in [0, 0.1) is 12.8 Å². The summed E-state index contributed by atoms with van der Waals surface area (Å²) >= 11 is 1.76. The number of thioether (sulfide) groups is 1. The molecule has 0 bridgehead atoms. The van der Waals surface area contributed by atoms with Gasteiger partial charge in [-0.05, 0) is 37.3 Å². The predicted octanol–water partition coefficient (Wildman–Crippen LogP) is 2.06. The summed E-state index contributed by atoms with van der Waals surface area (Å²) in [6.45, 7) is 3.39. The van der Waals surface area contributed by atoms with Crippen molar-refractivity contribution in [2.45, 2.75) is 32.4 Å². The molecule has 1 amide bonds. The van der Waals surface area contributed by atoms with E-state index < -0.39 is 0 Å². The van der Waals surface area contributed by atoms with Gasteiger partial charge in [-0.3, -0.25) is 10.1 Å². The Labute approximate surface area is 130 Å². The van der Waals surface area contributed by atoms with E-state index in [9.17, 15) is 4.79 Å². The lowest BCUT2D eigenvalue weighted by Crippen LogP contribution is -2.41. The molecule has 0 radical (unpaired) electrons. The molecule has 114 valence electrons. The van der Waals surface area contributed by atoms with Crippen molar-refractivity contribution >= 4 is 17.7 Å². The van der Waals surface area contributed by atoms with Crippen LogP contribution < -0.4 is 15.4 Å². The molecular weight excluding hydrogens is 284 g/mol. The second-order valence-corrected chi connectivity index (χ2v) is 6.89. The summed E-state index contributed by atoms with van der Waals surface area (Å²) in [5, 5.41) is 6.19. The molecule has 1 aromatic rings. The van der Waals surface area contributed by atoms with Crippen LogP contribution in [0.5, 0.6) is 5.75 Å². The fourth-order valence-corrected chi connectivity index (χ4v) is 3.25. The van der Waals surface area contributed by atoms with Crippen molar-refractivity contribution < 1.29 is 9.53 Å². The van der Waals surface area contributed by atoms with Crippen LogP contribution in [0.4, 0.5) is 0 Å². The number of amides is 1. The first-order chi connectivity index (χ1) is 10.2. The van der Waals surface area contributed by atoms with Crippen molar-refractivity contribution in [3.8, 4) is 5.75 Å². The Balaban J connectivity index is 1.58. The number of ether oxygens (including phenoxy) is 1. The van der Waals surface area contributed by atoms with E-state index in [4.69, 9.17) is 4.74 Å². The Kier molecular flexibility index (Phi) is 4.70. The van der Waals surface area contributed by atoms with Gasteiger partial charge in [0.25, 0.3) is 0 Å². The third-order valence-corrected chi connectivity index (χ3v) is 4.82. The van der Waals surface area contributed by atoms with Gasteiger partial charge in [-0.25, -0.2) is 0 Å². The van der Waals surface area contributed by atoms with Crippen LogP contribution in [0.25, 0.3) is 0 Å². The Bertz CT molecular complexity index is 511. The largest absolute Gasteiger partial charge is 0.493 e. The Hall–Kier alpha value is -1.20. The second kappa shape index (κ2) is 6.71. The Morgan fingerprint density at radius 2 is 2.33 bits per heavy atom. The van der Waals surface area contributed by atoms with E-state index in [1.165, 1.54) is 18.4 Å². The first kappa shape index (κ1) is 14.7. The van der Waals surface area contributed by atoms with E-state index >= 15 is 0 Å². The normalized spacial score (nSPS) is 21.3. The van der Waals surface area contributed by atoms with E-state index in [0.29, 0.717) is 6.54 Å². The van der Waals surface area contributed by atoms with Crippen molar-refractivity contribution in [1.29, 1.82) is 0 Å². The molecule has 1 aromatic carbocycles. The second-order valence-electron chi connectivity index (χ2n) is 5.86. The molecule has 0 aromatic heterocycles. The van der Waals surface area contributed by atoms with E-state index in [2.05, 4.69) is 35.8 Å². The van der Waals surface area contributed by atoms with Crippen LogP contribution >= 0.6 is 11.8 Å². The standard InChI is InChI=1S/C16H22N2O2S/c1-11-2-5-13(15(6-11)20-8-12-3-4-12)7-17-16(19)14-9-21-10-18-14/h2,5-6,12,14,18H,3-4,7-10H2,1H3,(H,17,19). The molecule has 1 atom stereocenters. The zero-order chi connectivity index (χ0) is 14.7. The number of aryl methyl sites for hydroxylation is 1. The van der Waals surface area contributed by atoms with Gasteiger partial charge in [0, 0.05) is 23.7 Å². The minimum atomic E-state index is -0.0590. The number of hydrogen-bond donors (Lipinski definition) is 2. The predicted molar refractivity (Wildman–Crippen MR) is 85.5 cm³/mol. The van der Waals surface area contributed by atoms with Gasteiger partial charge in [-0.15, -0.1) is 11.8 Å². The molecule has 2 N–H and O–H groups in total. The van der Waals surface area contributed by atoms with Gasteiger partial charge >= 0.3 is 0 Å². The number of rotatable bonds is 6. The third-order valence-electron chi connectivity index (χ3n) is 3.88. The average molecular weight is 306 g/mol.